The Balaban J connectivity index is 1.70. The van der Waals surface area contributed by atoms with Gasteiger partial charge in [-0.15, -0.1) is 11.8 Å². The van der Waals surface area contributed by atoms with E-state index in [9.17, 15) is 14.7 Å². The minimum Gasteiger partial charge on any atom is -0.480 e. The predicted molar refractivity (Wildman–Crippen MR) is 68.2 cm³/mol. The fourth-order valence-corrected chi connectivity index (χ4v) is 4.28. The molecular weight excluding hydrogens is 252 g/mol. The quantitative estimate of drug-likeness (QED) is 0.772. The average Bonchev–Trinajstić information content (AvgIpc) is 3.01. The molecule has 3 aliphatic rings. The normalized spacial score (nSPS) is 32.3. The molecule has 100 valence electrons. The second-order valence-corrected chi connectivity index (χ2v) is 6.59. The molecule has 1 saturated carbocycles. The summed E-state index contributed by atoms with van der Waals surface area (Å²) in [5.41, 5.74) is 0. The molecular formula is C12H18N2O3S. The van der Waals surface area contributed by atoms with Gasteiger partial charge in [0, 0.05) is 12.2 Å². The molecule has 0 aromatic heterocycles. The molecule has 2 saturated heterocycles. The van der Waals surface area contributed by atoms with Gasteiger partial charge in [0.05, 0.1) is 5.37 Å². The fraction of sp³-hybridized carbons (Fsp3) is 0.833. The van der Waals surface area contributed by atoms with Crippen LogP contribution in [0.1, 0.15) is 19.3 Å². The zero-order valence-electron chi connectivity index (χ0n) is 10.2. The molecule has 0 aromatic rings. The van der Waals surface area contributed by atoms with Gasteiger partial charge in [0.15, 0.2) is 0 Å². The van der Waals surface area contributed by atoms with Crippen LogP contribution in [0.25, 0.3) is 0 Å². The van der Waals surface area contributed by atoms with Crippen molar-refractivity contribution in [2.24, 2.45) is 11.8 Å². The molecule has 1 amide bonds. The number of amides is 1. The number of thioether (sulfide) groups is 1. The smallest absolute Gasteiger partial charge is 0.327 e. The monoisotopic (exact) mass is 270 g/mol. The molecule has 2 unspecified atom stereocenters. The van der Waals surface area contributed by atoms with E-state index in [1.807, 2.05) is 0 Å². The number of rotatable bonds is 4. The van der Waals surface area contributed by atoms with Gasteiger partial charge in [-0.2, -0.15) is 0 Å². The number of carbonyl (C=O) groups excluding carboxylic acids is 1. The van der Waals surface area contributed by atoms with E-state index in [-0.39, 0.29) is 11.3 Å². The molecule has 2 aliphatic heterocycles. The topological polar surface area (TPSA) is 69.6 Å². The van der Waals surface area contributed by atoms with E-state index in [4.69, 9.17) is 0 Å². The molecule has 0 bridgehead atoms. The van der Waals surface area contributed by atoms with Crippen molar-refractivity contribution >= 4 is 23.6 Å². The minimum atomic E-state index is -0.856. The zero-order chi connectivity index (χ0) is 12.7. The molecule has 1 aliphatic carbocycles. The van der Waals surface area contributed by atoms with Crippen LogP contribution in [0, 0.1) is 11.8 Å². The molecule has 0 spiro atoms. The van der Waals surface area contributed by atoms with E-state index < -0.39 is 12.0 Å². The van der Waals surface area contributed by atoms with Gasteiger partial charge in [0.1, 0.15) is 6.04 Å². The van der Waals surface area contributed by atoms with Crippen molar-refractivity contribution in [3.63, 3.8) is 0 Å². The highest BCUT2D eigenvalue weighted by Gasteiger charge is 2.48. The maximum Gasteiger partial charge on any atom is 0.327 e. The maximum atomic E-state index is 12.3. The first-order valence-electron chi connectivity index (χ1n) is 6.53. The summed E-state index contributed by atoms with van der Waals surface area (Å²) in [6.07, 6.45) is 2.78. The van der Waals surface area contributed by atoms with Gasteiger partial charge >= 0.3 is 5.97 Å². The third kappa shape index (κ3) is 2.23. The number of carboxylic acids is 1. The summed E-state index contributed by atoms with van der Waals surface area (Å²) in [7, 11) is 0. The van der Waals surface area contributed by atoms with E-state index >= 15 is 0 Å². The zero-order valence-corrected chi connectivity index (χ0v) is 11.0. The Bertz CT molecular complexity index is 368. The standard InChI is InChI=1S/C12H18N2O3S/c15-10(3-7-4-13-5-7)14-9(12(16)17)6-18-11(14)8-1-2-8/h7-9,11,13H,1-6H2,(H,16,17). The van der Waals surface area contributed by atoms with Crippen molar-refractivity contribution in [1.82, 2.24) is 10.2 Å². The van der Waals surface area contributed by atoms with Crippen LogP contribution in [0.15, 0.2) is 0 Å². The molecule has 3 rings (SSSR count). The van der Waals surface area contributed by atoms with Crippen molar-refractivity contribution in [2.75, 3.05) is 18.8 Å². The van der Waals surface area contributed by atoms with E-state index in [0.717, 1.165) is 25.9 Å². The number of nitrogens with zero attached hydrogens (tertiary/aromatic N) is 1. The molecule has 0 aromatic carbocycles. The maximum absolute atomic E-state index is 12.3. The SMILES string of the molecule is O=C(O)C1CSC(C2CC2)N1C(=O)CC1CNC1. The van der Waals surface area contributed by atoms with Crippen molar-refractivity contribution in [3.05, 3.63) is 0 Å². The average molecular weight is 270 g/mol. The number of carbonyl (C=O) groups is 2. The molecule has 2 heterocycles. The molecule has 2 atom stereocenters. The van der Waals surface area contributed by atoms with Crippen LogP contribution in [-0.4, -0.2) is 52.1 Å². The van der Waals surface area contributed by atoms with Gasteiger partial charge in [-0.05, 0) is 37.8 Å². The third-order valence-electron chi connectivity index (χ3n) is 3.96. The Hall–Kier alpha value is -0.750. The summed E-state index contributed by atoms with van der Waals surface area (Å²) in [6.45, 7) is 1.77. The van der Waals surface area contributed by atoms with Crippen LogP contribution < -0.4 is 5.32 Å². The van der Waals surface area contributed by atoms with Crippen LogP contribution in [0.5, 0.6) is 0 Å². The Morgan fingerprint density at radius 1 is 1.33 bits per heavy atom. The molecule has 18 heavy (non-hydrogen) atoms. The highest BCUT2D eigenvalue weighted by atomic mass is 32.2. The van der Waals surface area contributed by atoms with Gasteiger partial charge in [-0.1, -0.05) is 0 Å². The van der Waals surface area contributed by atoms with Crippen LogP contribution in [0.2, 0.25) is 0 Å². The lowest BCUT2D eigenvalue weighted by Gasteiger charge is -2.32. The Morgan fingerprint density at radius 2 is 2.06 bits per heavy atom. The van der Waals surface area contributed by atoms with Crippen LogP contribution in [0.3, 0.4) is 0 Å². The van der Waals surface area contributed by atoms with E-state index in [0.29, 0.717) is 24.0 Å². The summed E-state index contributed by atoms with van der Waals surface area (Å²) in [6, 6.07) is -0.610. The highest BCUT2D eigenvalue weighted by molar-refractivity contribution is 8.00. The first kappa shape index (κ1) is 12.3. The van der Waals surface area contributed by atoms with Gasteiger partial charge in [-0.25, -0.2) is 4.79 Å². The summed E-state index contributed by atoms with van der Waals surface area (Å²) >= 11 is 1.65. The lowest BCUT2D eigenvalue weighted by Crippen LogP contribution is -2.50. The Labute approximate surface area is 110 Å². The number of hydrogen-bond acceptors (Lipinski definition) is 4. The molecule has 3 fully saturated rings. The Kier molecular flexibility index (Phi) is 3.23. The van der Waals surface area contributed by atoms with Gasteiger partial charge in [0.25, 0.3) is 0 Å². The largest absolute Gasteiger partial charge is 0.480 e. The molecule has 2 N–H and O–H groups in total. The first-order chi connectivity index (χ1) is 8.66. The second-order valence-electron chi connectivity index (χ2n) is 5.44. The van der Waals surface area contributed by atoms with Crippen molar-refractivity contribution in [1.29, 1.82) is 0 Å². The number of nitrogens with one attached hydrogen (secondary N) is 1. The lowest BCUT2D eigenvalue weighted by atomic mass is 9.98. The van der Waals surface area contributed by atoms with Crippen LogP contribution in [-0.2, 0) is 9.59 Å². The van der Waals surface area contributed by atoms with Crippen LogP contribution >= 0.6 is 11.8 Å². The van der Waals surface area contributed by atoms with Gasteiger partial charge in [0.2, 0.25) is 5.91 Å². The van der Waals surface area contributed by atoms with Gasteiger partial charge in [-0.3, -0.25) is 4.79 Å². The highest BCUT2D eigenvalue weighted by Crippen LogP contribution is 2.45. The van der Waals surface area contributed by atoms with Crippen molar-refractivity contribution in [2.45, 2.75) is 30.7 Å². The summed E-state index contributed by atoms with van der Waals surface area (Å²) in [5.74, 6) is 0.660. The molecule has 6 heteroatoms. The predicted octanol–water partition coefficient (Wildman–Crippen LogP) is 0.361. The van der Waals surface area contributed by atoms with Crippen molar-refractivity contribution < 1.29 is 14.7 Å². The first-order valence-corrected chi connectivity index (χ1v) is 7.58. The number of aliphatic carboxylic acids is 1. The minimum absolute atomic E-state index is 0.0378. The fourth-order valence-electron chi connectivity index (χ4n) is 2.62. The number of hydrogen-bond donors (Lipinski definition) is 2. The van der Waals surface area contributed by atoms with E-state index in [2.05, 4.69) is 5.32 Å². The van der Waals surface area contributed by atoms with Gasteiger partial charge < -0.3 is 15.3 Å². The third-order valence-corrected chi connectivity index (χ3v) is 5.42. The molecule has 5 nitrogen and oxygen atoms in total. The van der Waals surface area contributed by atoms with Crippen molar-refractivity contribution in [3.8, 4) is 0 Å². The second kappa shape index (κ2) is 4.74. The Morgan fingerprint density at radius 3 is 2.56 bits per heavy atom. The molecule has 0 radical (unpaired) electrons. The van der Waals surface area contributed by atoms with E-state index in [1.165, 1.54) is 0 Å². The number of carboxylic acid groups (broad SMARTS) is 1. The van der Waals surface area contributed by atoms with E-state index in [1.54, 1.807) is 16.7 Å². The summed E-state index contributed by atoms with van der Waals surface area (Å²) < 4.78 is 0. The summed E-state index contributed by atoms with van der Waals surface area (Å²) in [4.78, 5) is 25.3. The lowest BCUT2D eigenvalue weighted by molar-refractivity contribution is -0.149. The summed E-state index contributed by atoms with van der Waals surface area (Å²) in [5, 5.41) is 12.5. The van der Waals surface area contributed by atoms with Crippen LogP contribution in [0.4, 0.5) is 0 Å².